The van der Waals surface area contributed by atoms with E-state index in [4.69, 9.17) is 27.9 Å². The van der Waals surface area contributed by atoms with Crippen LogP contribution < -0.4 is 14.4 Å². The standard InChI is InChI=1S/C30H35Cl2N3O5S/c1-5-28(30(37)33-18-21(2)3)34(19-25-26(31)12-9-13-27(25)32)29(36)20-35(41(4,38)39)22-14-16-24(17-15-22)40-23-10-7-6-8-11-23/h6-17,21,28H,5,18-20H2,1-4H3,(H,33,37). The summed E-state index contributed by atoms with van der Waals surface area (Å²) in [6, 6.07) is 19.6. The summed E-state index contributed by atoms with van der Waals surface area (Å²) in [4.78, 5) is 28.4. The Kier molecular flexibility index (Phi) is 11.5. The van der Waals surface area contributed by atoms with Crippen LogP contribution in [0.25, 0.3) is 0 Å². The highest BCUT2D eigenvalue weighted by Gasteiger charge is 2.32. The van der Waals surface area contributed by atoms with E-state index in [0.717, 1.165) is 10.6 Å². The lowest BCUT2D eigenvalue weighted by atomic mass is 10.1. The summed E-state index contributed by atoms with van der Waals surface area (Å²) in [5.41, 5.74) is 0.738. The number of halogens is 2. The number of nitrogens with zero attached hydrogens (tertiary/aromatic N) is 2. The van der Waals surface area contributed by atoms with Crippen molar-refractivity contribution in [3.63, 3.8) is 0 Å². The van der Waals surface area contributed by atoms with Gasteiger partial charge in [0, 0.05) is 28.7 Å². The molecule has 0 aliphatic rings. The van der Waals surface area contributed by atoms with E-state index in [1.807, 2.05) is 32.0 Å². The molecule has 0 aliphatic carbocycles. The largest absolute Gasteiger partial charge is 0.457 e. The zero-order valence-corrected chi connectivity index (χ0v) is 25.8. The molecule has 1 unspecified atom stereocenters. The average Bonchev–Trinajstić information content (AvgIpc) is 2.92. The summed E-state index contributed by atoms with van der Waals surface area (Å²) in [5, 5.41) is 3.55. The first-order valence-electron chi connectivity index (χ1n) is 13.2. The molecular weight excluding hydrogens is 585 g/mol. The molecule has 0 saturated carbocycles. The van der Waals surface area contributed by atoms with Crippen molar-refractivity contribution in [1.82, 2.24) is 10.2 Å². The zero-order chi connectivity index (χ0) is 30.2. The average molecular weight is 621 g/mol. The lowest BCUT2D eigenvalue weighted by molar-refractivity contribution is -0.140. The Labute approximate surface area is 252 Å². The van der Waals surface area contributed by atoms with E-state index in [1.54, 1.807) is 61.5 Å². The smallest absolute Gasteiger partial charge is 0.244 e. The molecule has 0 heterocycles. The number of carbonyl (C=O) groups is 2. The third kappa shape index (κ3) is 9.11. The first-order valence-corrected chi connectivity index (χ1v) is 15.8. The lowest BCUT2D eigenvalue weighted by Crippen LogP contribution is -2.52. The van der Waals surface area contributed by atoms with Gasteiger partial charge in [0.05, 0.1) is 11.9 Å². The molecule has 0 aliphatic heterocycles. The van der Waals surface area contributed by atoms with Crippen LogP contribution in [0.4, 0.5) is 5.69 Å². The minimum Gasteiger partial charge on any atom is -0.457 e. The Morgan fingerprint density at radius 2 is 1.49 bits per heavy atom. The number of para-hydroxylation sites is 1. The maximum Gasteiger partial charge on any atom is 0.244 e. The SMILES string of the molecule is CCC(C(=O)NCC(C)C)N(Cc1c(Cl)cccc1Cl)C(=O)CN(c1ccc(Oc2ccccc2)cc1)S(C)(=O)=O. The molecule has 0 fully saturated rings. The molecule has 11 heteroatoms. The van der Waals surface area contributed by atoms with Gasteiger partial charge in [-0.2, -0.15) is 0 Å². The van der Waals surface area contributed by atoms with Crippen molar-refractivity contribution in [2.75, 3.05) is 23.7 Å². The third-order valence-corrected chi connectivity index (χ3v) is 8.09. The molecule has 3 rings (SSSR count). The monoisotopic (exact) mass is 619 g/mol. The Hall–Kier alpha value is -3.27. The van der Waals surface area contributed by atoms with Crippen molar-refractivity contribution in [1.29, 1.82) is 0 Å². The van der Waals surface area contributed by atoms with Crippen molar-refractivity contribution in [2.45, 2.75) is 39.8 Å². The predicted octanol–water partition coefficient (Wildman–Crippen LogP) is 6.13. The summed E-state index contributed by atoms with van der Waals surface area (Å²) in [6.45, 7) is 5.53. The Bertz CT molecular complexity index is 1410. The molecule has 220 valence electrons. The number of amides is 2. The second-order valence-electron chi connectivity index (χ2n) is 9.96. The van der Waals surface area contributed by atoms with Crippen LogP contribution >= 0.6 is 23.2 Å². The number of carbonyl (C=O) groups excluding carboxylic acids is 2. The van der Waals surface area contributed by atoms with Crippen molar-refractivity contribution < 1.29 is 22.7 Å². The van der Waals surface area contributed by atoms with Gasteiger partial charge in [-0.15, -0.1) is 0 Å². The Morgan fingerprint density at radius 3 is 2.02 bits per heavy atom. The molecule has 1 N–H and O–H groups in total. The molecule has 1 atom stereocenters. The highest BCUT2D eigenvalue weighted by Crippen LogP contribution is 2.29. The molecule has 3 aromatic rings. The topological polar surface area (TPSA) is 96.0 Å². The zero-order valence-electron chi connectivity index (χ0n) is 23.5. The van der Waals surface area contributed by atoms with E-state index in [-0.39, 0.29) is 24.1 Å². The van der Waals surface area contributed by atoms with Gasteiger partial charge in [-0.1, -0.05) is 68.2 Å². The lowest BCUT2D eigenvalue weighted by Gasteiger charge is -2.33. The van der Waals surface area contributed by atoms with Gasteiger partial charge in [0.1, 0.15) is 24.1 Å². The molecule has 0 spiro atoms. The van der Waals surface area contributed by atoms with E-state index in [2.05, 4.69) is 5.32 Å². The number of anilines is 1. The number of hydrogen-bond acceptors (Lipinski definition) is 5. The van der Waals surface area contributed by atoms with Crippen LogP contribution in [0.5, 0.6) is 11.5 Å². The minimum atomic E-state index is -3.89. The summed E-state index contributed by atoms with van der Waals surface area (Å²) < 4.78 is 32.6. The fraction of sp³-hybridized carbons (Fsp3) is 0.333. The van der Waals surface area contributed by atoms with Crippen molar-refractivity contribution in [3.05, 3.63) is 88.4 Å². The third-order valence-electron chi connectivity index (χ3n) is 6.24. The van der Waals surface area contributed by atoms with Gasteiger partial charge in [-0.05, 0) is 60.9 Å². The van der Waals surface area contributed by atoms with Crippen molar-refractivity contribution >= 4 is 50.7 Å². The number of nitrogens with one attached hydrogen (secondary N) is 1. The van der Waals surface area contributed by atoms with Crippen LogP contribution in [0.2, 0.25) is 10.0 Å². The molecule has 8 nitrogen and oxygen atoms in total. The van der Waals surface area contributed by atoms with E-state index in [9.17, 15) is 18.0 Å². The summed E-state index contributed by atoms with van der Waals surface area (Å²) >= 11 is 12.8. The van der Waals surface area contributed by atoms with Crippen LogP contribution in [0.3, 0.4) is 0 Å². The van der Waals surface area contributed by atoms with Crippen molar-refractivity contribution in [2.24, 2.45) is 5.92 Å². The van der Waals surface area contributed by atoms with Crippen LogP contribution in [0, 0.1) is 5.92 Å². The number of benzene rings is 3. The molecule has 3 aromatic carbocycles. The molecule has 41 heavy (non-hydrogen) atoms. The van der Waals surface area contributed by atoms with Crippen LogP contribution in [-0.2, 0) is 26.2 Å². The molecule has 0 aromatic heterocycles. The minimum absolute atomic E-state index is 0.0770. The van der Waals surface area contributed by atoms with Gasteiger partial charge < -0.3 is 15.0 Å². The first-order chi connectivity index (χ1) is 19.4. The van der Waals surface area contributed by atoms with Crippen LogP contribution in [0.15, 0.2) is 72.8 Å². The number of rotatable bonds is 13. The Morgan fingerprint density at radius 1 is 0.902 bits per heavy atom. The van der Waals surface area contributed by atoms with E-state index in [1.165, 1.54) is 4.90 Å². The Balaban J connectivity index is 1.92. The normalized spacial score (nSPS) is 12.1. The molecule has 0 radical (unpaired) electrons. The van der Waals surface area contributed by atoms with E-state index in [0.29, 0.717) is 40.1 Å². The number of ether oxygens (including phenoxy) is 1. The van der Waals surface area contributed by atoms with Gasteiger partial charge in [-0.25, -0.2) is 8.42 Å². The van der Waals surface area contributed by atoms with Gasteiger partial charge >= 0.3 is 0 Å². The maximum absolute atomic E-state index is 13.9. The predicted molar refractivity (Wildman–Crippen MR) is 164 cm³/mol. The molecular formula is C30H35Cl2N3O5S. The number of hydrogen-bond donors (Lipinski definition) is 1. The molecule has 0 saturated heterocycles. The highest BCUT2D eigenvalue weighted by molar-refractivity contribution is 7.92. The van der Waals surface area contributed by atoms with Crippen molar-refractivity contribution in [3.8, 4) is 11.5 Å². The second kappa shape index (κ2) is 14.6. The molecule has 2 amide bonds. The number of sulfonamides is 1. The quantitative estimate of drug-likeness (QED) is 0.248. The maximum atomic E-state index is 13.9. The van der Waals surface area contributed by atoms with Crippen LogP contribution in [0.1, 0.15) is 32.8 Å². The van der Waals surface area contributed by atoms with Gasteiger partial charge in [0.2, 0.25) is 21.8 Å². The summed E-state index contributed by atoms with van der Waals surface area (Å²) in [5.74, 6) is 0.412. The fourth-order valence-corrected chi connectivity index (χ4v) is 5.48. The molecule has 0 bridgehead atoms. The van der Waals surface area contributed by atoms with E-state index >= 15 is 0 Å². The van der Waals surface area contributed by atoms with E-state index < -0.39 is 28.5 Å². The fourth-order valence-electron chi connectivity index (χ4n) is 4.11. The summed E-state index contributed by atoms with van der Waals surface area (Å²) in [6.07, 6.45) is 1.32. The highest BCUT2D eigenvalue weighted by atomic mass is 35.5. The summed E-state index contributed by atoms with van der Waals surface area (Å²) in [7, 11) is -3.89. The van der Waals surface area contributed by atoms with Gasteiger partial charge in [0.15, 0.2) is 0 Å². The second-order valence-corrected chi connectivity index (χ2v) is 12.7. The van der Waals surface area contributed by atoms with Crippen LogP contribution in [-0.4, -0.2) is 50.5 Å². The van der Waals surface area contributed by atoms with Gasteiger partial charge in [0.25, 0.3) is 0 Å². The van der Waals surface area contributed by atoms with Gasteiger partial charge in [-0.3, -0.25) is 13.9 Å². The first kappa shape index (κ1) is 32.2.